The molecule has 2 N–H and O–H groups in total. The number of sulfone groups is 1. The van der Waals surface area contributed by atoms with Gasteiger partial charge in [-0.15, -0.1) is 0 Å². The van der Waals surface area contributed by atoms with Gasteiger partial charge in [0.15, 0.2) is 9.84 Å². The molecular formula is C17H27N3O4S. The number of carbonyl (C=O) groups is 1. The lowest BCUT2D eigenvalue weighted by molar-refractivity contribution is -0.121. The highest BCUT2D eigenvalue weighted by atomic mass is 32.2. The van der Waals surface area contributed by atoms with Gasteiger partial charge in [0.05, 0.1) is 17.9 Å². The predicted octanol–water partition coefficient (Wildman–Crippen LogP) is 0.271. The number of nitrogens with zero attached hydrogens (tertiary/aromatic N) is 1. The average molecular weight is 369 g/mol. The van der Waals surface area contributed by atoms with Gasteiger partial charge >= 0.3 is 0 Å². The average Bonchev–Trinajstić information content (AvgIpc) is 2.59. The van der Waals surface area contributed by atoms with Crippen molar-refractivity contribution in [1.29, 1.82) is 0 Å². The molecule has 1 fully saturated rings. The Bertz CT molecular complexity index is 640. The van der Waals surface area contributed by atoms with E-state index < -0.39 is 9.84 Å². The molecular weight excluding hydrogens is 342 g/mol. The van der Waals surface area contributed by atoms with Crippen LogP contribution in [0.25, 0.3) is 0 Å². The zero-order valence-electron chi connectivity index (χ0n) is 14.7. The van der Waals surface area contributed by atoms with Crippen LogP contribution in [-0.4, -0.2) is 71.4 Å². The molecule has 0 unspecified atom stereocenters. The maximum atomic E-state index is 11.8. The molecule has 0 aliphatic carbocycles. The Morgan fingerprint density at radius 2 is 1.92 bits per heavy atom. The molecule has 1 aromatic carbocycles. The number of piperazine rings is 1. The first-order chi connectivity index (χ1) is 11.9. The highest BCUT2D eigenvalue weighted by Crippen LogP contribution is 2.15. The molecule has 0 bridgehead atoms. The van der Waals surface area contributed by atoms with Gasteiger partial charge in [0.1, 0.15) is 5.75 Å². The van der Waals surface area contributed by atoms with Crippen LogP contribution in [0.3, 0.4) is 0 Å². The van der Waals surface area contributed by atoms with Crippen LogP contribution in [0, 0.1) is 0 Å². The van der Waals surface area contributed by atoms with E-state index in [4.69, 9.17) is 4.74 Å². The summed E-state index contributed by atoms with van der Waals surface area (Å²) in [5, 5.41) is 6.21. The minimum Gasteiger partial charge on any atom is -0.493 e. The van der Waals surface area contributed by atoms with Gasteiger partial charge in [-0.2, -0.15) is 0 Å². The Balaban J connectivity index is 1.57. The predicted molar refractivity (Wildman–Crippen MR) is 96.6 cm³/mol. The summed E-state index contributed by atoms with van der Waals surface area (Å²) in [7, 11) is -3.20. The summed E-state index contributed by atoms with van der Waals surface area (Å²) >= 11 is 0. The zero-order chi connectivity index (χ0) is 18.1. The molecule has 0 atom stereocenters. The molecule has 0 spiro atoms. The first kappa shape index (κ1) is 19.7. The van der Waals surface area contributed by atoms with Crippen LogP contribution in [-0.2, 0) is 14.6 Å². The Hall–Kier alpha value is -1.64. The van der Waals surface area contributed by atoms with Crippen LogP contribution in [0.15, 0.2) is 29.2 Å². The van der Waals surface area contributed by atoms with Crippen molar-refractivity contribution in [2.75, 3.05) is 52.1 Å². The van der Waals surface area contributed by atoms with Crippen molar-refractivity contribution in [1.82, 2.24) is 15.5 Å². The maximum absolute atomic E-state index is 11.8. The molecule has 2 rings (SSSR count). The van der Waals surface area contributed by atoms with Gasteiger partial charge in [0, 0.05) is 39.0 Å². The summed E-state index contributed by atoms with van der Waals surface area (Å²) in [6, 6.07) is 6.20. The van der Waals surface area contributed by atoms with Crippen LogP contribution in [0.2, 0.25) is 0 Å². The fraction of sp³-hybridized carbons (Fsp3) is 0.588. The van der Waals surface area contributed by atoms with Gasteiger partial charge in [-0.05, 0) is 37.2 Å². The number of benzene rings is 1. The van der Waals surface area contributed by atoms with E-state index in [1.54, 1.807) is 12.1 Å². The van der Waals surface area contributed by atoms with Crippen LogP contribution >= 0.6 is 0 Å². The first-order valence-electron chi connectivity index (χ1n) is 8.58. The third-order valence-corrected chi connectivity index (χ3v) is 5.16. The molecule has 0 radical (unpaired) electrons. The lowest BCUT2D eigenvalue weighted by Gasteiger charge is -2.27. The Labute approximate surface area is 149 Å². The topological polar surface area (TPSA) is 87.7 Å². The van der Waals surface area contributed by atoms with Crippen molar-refractivity contribution in [3.8, 4) is 5.75 Å². The summed E-state index contributed by atoms with van der Waals surface area (Å²) in [5.74, 6) is 0.520. The van der Waals surface area contributed by atoms with Gasteiger partial charge in [-0.3, -0.25) is 4.79 Å². The highest BCUT2D eigenvalue weighted by molar-refractivity contribution is 7.90. The maximum Gasteiger partial charge on any atom is 0.223 e. The SMILES string of the molecule is CS(=O)(=O)c1ccc(OCCC(=O)NCCCN2CCNCC2)cc1. The molecule has 8 heteroatoms. The fourth-order valence-electron chi connectivity index (χ4n) is 2.60. The molecule has 1 aliphatic heterocycles. The second-order valence-electron chi connectivity index (χ2n) is 6.14. The molecule has 1 aromatic rings. The van der Waals surface area contributed by atoms with Crippen molar-refractivity contribution < 1.29 is 17.9 Å². The molecule has 0 aromatic heterocycles. The summed E-state index contributed by atoms with van der Waals surface area (Å²) in [5.41, 5.74) is 0. The van der Waals surface area contributed by atoms with E-state index in [2.05, 4.69) is 15.5 Å². The van der Waals surface area contributed by atoms with Gasteiger partial charge < -0.3 is 20.3 Å². The van der Waals surface area contributed by atoms with Crippen molar-refractivity contribution in [3.05, 3.63) is 24.3 Å². The Morgan fingerprint density at radius 1 is 1.24 bits per heavy atom. The van der Waals surface area contributed by atoms with Crippen molar-refractivity contribution in [2.24, 2.45) is 0 Å². The minimum absolute atomic E-state index is 0.0342. The summed E-state index contributed by atoms with van der Waals surface area (Å²) < 4.78 is 28.2. The van der Waals surface area contributed by atoms with Gasteiger partial charge in [0.2, 0.25) is 5.91 Å². The third kappa shape index (κ3) is 7.41. The molecule has 1 saturated heterocycles. The molecule has 7 nitrogen and oxygen atoms in total. The highest BCUT2D eigenvalue weighted by Gasteiger charge is 2.09. The van der Waals surface area contributed by atoms with Crippen molar-refractivity contribution in [2.45, 2.75) is 17.7 Å². The van der Waals surface area contributed by atoms with E-state index in [-0.39, 0.29) is 23.8 Å². The second kappa shape index (κ2) is 9.74. The largest absolute Gasteiger partial charge is 0.493 e. The zero-order valence-corrected chi connectivity index (χ0v) is 15.5. The lowest BCUT2D eigenvalue weighted by atomic mass is 10.3. The van der Waals surface area contributed by atoms with E-state index in [9.17, 15) is 13.2 Å². The molecule has 0 saturated carbocycles. The number of amides is 1. The van der Waals surface area contributed by atoms with Crippen molar-refractivity contribution >= 4 is 15.7 Å². The number of carbonyl (C=O) groups excluding carboxylic acids is 1. The smallest absolute Gasteiger partial charge is 0.223 e. The van der Waals surface area contributed by atoms with E-state index >= 15 is 0 Å². The summed E-state index contributed by atoms with van der Waals surface area (Å²) in [4.78, 5) is 14.4. The summed E-state index contributed by atoms with van der Waals surface area (Å²) in [6.07, 6.45) is 2.39. The number of nitrogens with one attached hydrogen (secondary N) is 2. The van der Waals surface area contributed by atoms with Crippen molar-refractivity contribution in [3.63, 3.8) is 0 Å². The van der Waals surface area contributed by atoms with Gasteiger partial charge in [-0.25, -0.2) is 8.42 Å². The second-order valence-corrected chi connectivity index (χ2v) is 8.15. The summed E-state index contributed by atoms with van der Waals surface area (Å²) in [6.45, 7) is 6.16. The third-order valence-electron chi connectivity index (χ3n) is 4.03. The number of rotatable bonds is 9. The van der Waals surface area contributed by atoms with Crippen LogP contribution < -0.4 is 15.4 Å². The molecule has 1 amide bonds. The number of hydrogen-bond donors (Lipinski definition) is 2. The molecule has 1 aliphatic rings. The standard InChI is InChI=1S/C17H27N3O4S/c1-25(22,23)16-5-3-15(4-6-16)24-14-7-17(21)19-8-2-11-20-12-9-18-10-13-20/h3-6,18H,2,7-14H2,1H3,(H,19,21). The molecule has 140 valence electrons. The molecule has 25 heavy (non-hydrogen) atoms. The van der Waals surface area contributed by atoms with E-state index in [0.717, 1.165) is 45.4 Å². The van der Waals surface area contributed by atoms with Gasteiger partial charge in [0.25, 0.3) is 0 Å². The van der Waals surface area contributed by atoms with E-state index in [1.165, 1.54) is 12.1 Å². The van der Waals surface area contributed by atoms with Crippen LogP contribution in [0.1, 0.15) is 12.8 Å². The normalized spacial score (nSPS) is 15.7. The Morgan fingerprint density at radius 3 is 2.56 bits per heavy atom. The van der Waals surface area contributed by atoms with Gasteiger partial charge in [-0.1, -0.05) is 0 Å². The van der Waals surface area contributed by atoms with Crippen LogP contribution in [0.5, 0.6) is 5.75 Å². The first-order valence-corrected chi connectivity index (χ1v) is 10.5. The molecule has 1 heterocycles. The lowest BCUT2D eigenvalue weighted by Crippen LogP contribution is -2.44. The monoisotopic (exact) mass is 369 g/mol. The number of hydrogen-bond acceptors (Lipinski definition) is 6. The Kier molecular flexibility index (Phi) is 7.67. The minimum atomic E-state index is -3.20. The quantitative estimate of drug-likeness (QED) is 0.608. The van der Waals surface area contributed by atoms with E-state index in [1.807, 2.05) is 0 Å². The number of ether oxygens (including phenoxy) is 1. The fourth-order valence-corrected chi connectivity index (χ4v) is 3.23. The van der Waals surface area contributed by atoms with Crippen LogP contribution in [0.4, 0.5) is 0 Å². The van der Waals surface area contributed by atoms with E-state index in [0.29, 0.717) is 12.3 Å².